The van der Waals surface area contributed by atoms with E-state index in [1.54, 1.807) is 24.2 Å². The second-order valence-corrected chi connectivity index (χ2v) is 5.82. The molecular weight excluding hydrogens is 274 g/mol. The van der Waals surface area contributed by atoms with E-state index in [0.717, 1.165) is 41.5 Å². The Kier molecular flexibility index (Phi) is 2.45. The quantitative estimate of drug-likeness (QED) is 0.809. The summed E-state index contributed by atoms with van der Waals surface area (Å²) in [4.78, 5) is 17.0. The minimum Gasteiger partial charge on any atom is -0.295 e. The van der Waals surface area contributed by atoms with Crippen molar-refractivity contribution < 1.29 is 4.79 Å². The lowest BCUT2D eigenvalue weighted by Crippen LogP contribution is -2.36. The number of benzene rings is 1. The minimum atomic E-state index is -0.0447. The number of halogens is 1. The molecule has 4 rings (SSSR count). The van der Waals surface area contributed by atoms with Crippen LogP contribution in [0.4, 0.5) is 5.69 Å². The lowest BCUT2D eigenvalue weighted by molar-refractivity contribution is 0.0824. The topological polar surface area (TPSA) is 45.2 Å². The Bertz CT molecular complexity index is 757. The number of carbonyl (C=O) groups excluding carboxylic acids is 1. The van der Waals surface area contributed by atoms with Crippen LogP contribution in [0.25, 0.3) is 10.9 Å². The maximum Gasteiger partial charge on any atom is 0.272 e. The van der Waals surface area contributed by atoms with Crippen LogP contribution in [0, 0.1) is 0 Å². The summed E-state index contributed by atoms with van der Waals surface area (Å²) < 4.78 is 0. The van der Waals surface area contributed by atoms with Gasteiger partial charge in [0.1, 0.15) is 0 Å². The number of hydrazine groups is 1. The predicted octanol–water partition coefficient (Wildman–Crippen LogP) is 3.18. The van der Waals surface area contributed by atoms with Gasteiger partial charge in [-0.3, -0.25) is 20.2 Å². The molecule has 0 radical (unpaired) electrons. The Labute approximate surface area is 121 Å². The number of fused-ring (bicyclic) bond motifs is 2. The minimum absolute atomic E-state index is 0.0447. The number of aryl methyl sites for hydroxylation is 1. The first-order valence-electron chi connectivity index (χ1n) is 6.85. The average molecular weight is 288 g/mol. The van der Waals surface area contributed by atoms with Gasteiger partial charge in [0.05, 0.1) is 21.8 Å². The molecular formula is C15H14ClN3O. The molecule has 4 nitrogen and oxygen atoms in total. The number of carbonyl (C=O) groups is 1. The predicted molar refractivity (Wildman–Crippen MR) is 79.1 cm³/mol. The molecule has 0 saturated heterocycles. The number of nitrogens with one attached hydrogen (secondary N) is 1. The van der Waals surface area contributed by atoms with Crippen molar-refractivity contribution in [2.75, 3.05) is 12.5 Å². The van der Waals surface area contributed by atoms with Crippen molar-refractivity contribution in [1.29, 1.82) is 0 Å². The SMILES string of the molecule is CN1Nc2c3c(nc4c(Cl)ccc(c24)C1=O)CCCC3. The molecule has 0 fully saturated rings. The maximum absolute atomic E-state index is 12.3. The molecule has 2 aromatic rings. The number of aromatic nitrogens is 1. The highest BCUT2D eigenvalue weighted by Gasteiger charge is 2.29. The molecule has 0 spiro atoms. The fraction of sp³-hybridized carbons (Fsp3) is 0.333. The van der Waals surface area contributed by atoms with E-state index in [2.05, 4.69) is 5.43 Å². The van der Waals surface area contributed by atoms with Crippen LogP contribution >= 0.6 is 11.6 Å². The molecule has 0 unspecified atom stereocenters. The smallest absolute Gasteiger partial charge is 0.272 e. The van der Waals surface area contributed by atoms with E-state index in [-0.39, 0.29) is 5.91 Å². The van der Waals surface area contributed by atoms with Gasteiger partial charge >= 0.3 is 0 Å². The van der Waals surface area contributed by atoms with Gasteiger partial charge in [-0.1, -0.05) is 11.6 Å². The van der Waals surface area contributed by atoms with E-state index in [9.17, 15) is 4.79 Å². The molecule has 1 aliphatic carbocycles. The van der Waals surface area contributed by atoms with Crippen LogP contribution in [0.1, 0.15) is 34.5 Å². The maximum atomic E-state index is 12.3. The fourth-order valence-corrected chi connectivity index (χ4v) is 3.40. The van der Waals surface area contributed by atoms with Crippen molar-refractivity contribution in [1.82, 2.24) is 9.99 Å². The molecule has 102 valence electrons. The molecule has 0 saturated carbocycles. The van der Waals surface area contributed by atoms with E-state index in [1.807, 2.05) is 0 Å². The van der Waals surface area contributed by atoms with Gasteiger partial charge in [-0.15, -0.1) is 0 Å². The van der Waals surface area contributed by atoms with Gasteiger partial charge in [-0.05, 0) is 43.4 Å². The van der Waals surface area contributed by atoms with Gasteiger partial charge in [-0.25, -0.2) is 0 Å². The van der Waals surface area contributed by atoms with Gasteiger partial charge in [0.2, 0.25) is 0 Å². The molecule has 0 bridgehead atoms. The number of amides is 1. The van der Waals surface area contributed by atoms with Crippen molar-refractivity contribution in [2.45, 2.75) is 25.7 Å². The zero-order valence-corrected chi connectivity index (χ0v) is 11.9. The van der Waals surface area contributed by atoms with Gasteiger partial charge in [0, 0.05) is 18.1 Å². The first-order chi connectivity index (χ1) is 9.66. The van der Waals surface area contributed by atoms with Crippen LogP contribution in [0.15, 0.2) is 12.1 Å². The third-order valence-corrected chi connectivity index (χ3v) is 4.49. The summed E-state index contributed by atoms with van der Waals surface area (Å²) in [5.74, 6) is -0.0447. The number of rotatable bonds is 0. The van der Waals surface area contributed by atoms with Crippen molar-refractivity contribution in [3.8, 4) is 0 Å². The molecule has 2 aliphatic rings. The molecule has 1 N–H and O–H groups in total. The summed E-state index contributed by atoms with van der Waals surface area (Å²) in [6.07, 6.45) is 4.33. The highest BCUT2D eigenvalue weighted by molar-refractivity contribution is 6.36. The number of hydrogen-bond acceptors (Lipinski definition) is 3. The number of nitrogens with zero attached hydrogens (tertiary/aromatic N) is 2. The Morgan fingerprint density at radius 3 is 2.95 bits per heavy atom. The summed E-state index contributed by atoms with van der Waals surface area (Å²) in [6.45, 7) is 0. The van der Waals surface area contributed by atoms with E-state index in [0.29, 0.717) is 10.6 Å². The highest BCUT2D eigenvalue weighted by Crippen LogP contribution is 2.40. The molecule has 1 aliphatic heterocycles. The fourth-order valence-electron chi connectivity index (χ4n) is 3.20. The van der Waals surface area contributed by atoms with E-state index in [4.69, 9.17) is 16.6 Å². The second kappa shape index (κ2) is 4.09. The van der Waals surface area contributed by atoms with Gasteiger partial charge in [0.25, 0.3) is 5.91 Å². The van der Waals surface area contributed by atoms with Crippen molar-refractivity contribution >= 4 is 34.1 Å². The van der Waals surface area contributed by atoms with Crippen LogP contribution < -0.4 is 5.43 Å². The Morgan fingerprint density at radius 1 is 1.30 bits per heavy atom. The first-order valence-corrected chi connectivity index (χ1v) is 7.23. The Morgan fingerprint density at radius 2 is 2.10 bits per heavy atom. The van der Waals surface area contributed by atoms with Crippen molar-refractivity contribution in [3.63, 3.8) is 0 Å². The highest BCUT2D eigenvalue weighted by atomic mass is 35.5. The third-order valence-electron chi connectivity index (χ3n) is 4.18. The van der Waals surface area contributed by atoms with E-state index < -0.39 is 0 Å². The summed E-state index contributed by atoms with van der Waals surface area (Å²) in [7, 11) is 1.75. The van der Waals surface area contributed by atoms with E-state index >= 15 is 0 Å². The molecule has 1 aromatic heterocycles. The molecule has 0 atom stereocenters. The molecule has 1 aromatic carbocycles. The summed E-state index contributed by atoms with van der Waals surface area (Å²) >= 11 is 6.29. The normalized spacial score (nSPS) is 17.1. The van der Waals surface area contributed by atoms with Gasteiger partial charge in [-0.2, -0.15) is 0 Å². The number of hydrogen-bond donors (Lipinski definition) is 1. The van der Waals surface area contributed by atoms with Crippen LogP contribution in [0.5, 0.6) is 0 Å². The lowest BCUT2D eigenvalue weighted by atomic mass is 9.91. The molecule has 5 heteroatoms. The Hall–Kier alpha value is -1.81. The number of pyridine rings is 1. The average Bonchev–Trinajstić information content (AvgIpc) is 2.46. The van der Waals surface area contributed by atoms with Gasteiger partial charge < -0.3 is 0 Å². The van der Waals surface area contributed by atoms with Crippen molar-refractivity contribution in [3.05, 3.63) is 34.0 Å². The first kappa shape index (κ1) is 12.0. The van der Waals surface area contributed by atoms with Gasteiger partial charge in [0.15, 0.2) is 0 Å². The largest absolute Gasteiger partial charge is 0.295 e. The molecule has 20 heavy (non-hydrogen) atoms. The van der Waals surface area contributed by atoms with Crippen LogP contribution in [0.2, 0.25) is 5.02 Å². The zero-order valence-electron chi connectivity index (χ0n) is 11.2. The molecule has 2 heterocycles. The zero-order chi connectivity index (χ0) is 13.9. The van der Waals surface area contributed by atoms with Crippen molar-refractivity contribution in [2.24, 2.45) is 0 Å². The lowest BCUT2D eigenvalue weighted by Gasteiger charge is -2.31. The number of anilines is 1. The summed E-state index contributed by atoms with van der Waals surface area (Å²) in [6, 6.07) is 3.56. The summed E-state index contributed by atoms with van der Waals surface area (Å²) in [5, 5.41) is 3.03. The second-order valence-electron chi connectivity index (χ2n) is 5.41. The van der Waals surface area contributed by atoms with Crippen LogP contribution in [-0.2, 0) is 12.8 Å². The standard InChI is InChI=1S/C15H14ClN3O/c1-19-15(20)9-6-7-10(16)14-12(9)13(18-19)8-4-2-3-5-11(8)17-14/h6-7,18H,2-5H2,1H3. The Balaban J connectivity index is 2.16. The third kappa shape index (κ3) is 1.48. The van der Waals surface area contributed by atoms with Crippen LogP contribution in [0.3, 0.4) is 0 Å². The summed E-state index contributed by atoms with van der Waals surface area (Å²) in [5.41, 5.74) is 8.02. The monoisotopic (exact) mass is 287 g/mol. The van der Waals surface area contributed by atoms with E-state index in [1.165, 1.54) is 12.0 Å². The molecule has 1 amide bonds. The van der Waals surface area contributed by atoms with Crippen LogP contribution in [-0.4, -0.2) is 22.9 Å².